The Kier molecular flexibility index (Phi) is 5.58. The number of hydrogen-bond acceptors (Lipinski definition) is 4. The zero-order chi connectivity index (χ0) is 14.3. The maximum Gasteiger partial charge on any atom is 0.325 e. The number of esters is 1. The van der Waals surface area contributed by atoms with Crippen molar-refractivity contribution >= 4 is 11.9 Å². The molecule has 0 unspecified atom stereocenters. The minimum atomic E-state index is -0.463. The van der Waals surface area contributed by atoms with Crippen molar-refractivity contribution in [3.63, 3.8) is 0 Å². The minimum Gasteiger partial charge on any atom is -0.468 e. The molecule has 0 radical (unpaired) electrons. The van der Waals surface area contributed by atoms with Crippen molar-refractivity contribution < 1.29 is 14.3 Å². The lowest BCUT2D eigenvalue weighted by Crippen LogP contribution is -2.32. The van der Waals surface area contributed by atoms with E-state index in [-0.39, 0.29) is 19.0 Å². The number of methoxy groups -OCH3 is 1. The Morgan fingerprint density at radius 2 is 2.16 bits per heavy atom. The molecule has 0 heterocycles. The van der Waals surface area contributed by atoms with Crippen LogP contribution in [0.4, 0.5) is 0 Å². The van der Waals surface area contributed by atoms with Crippen molar-refractivity contribution in [2.24, 2.45) is 5.73 Å². The first-order valence-electron chi connectivity index (χ1n) is 5.69. The van der Waals surface area contributed by atoms with E-state index in [1.165, 1.54) is 19.1 Å². The van der Waals surface area contributed by atoms with Crippen LogP contribution >= 0.6 is 0 Å². The average Bonchev–Trinajstić information content (AvgIpc) is 2.44. The lowest BCUT2D eigenvalue weighted by molar-refractivity contribution is -0.141. The summed E-state index contributed by atoms with van der Waals surface area (Å²) in [6.07, 6.45) is 0. The van der Waals surface area contributed by atoms with Crippen LogP contribution in [0, 0.1) is 11.8 Å². The molecule has 0 aliphatic heterocycles. The number of hydrogen-bond donors (Lipinski definition) is 1. The van der Waals surface area contributed by atoms with Gasteiger partial charge < -0.3 is 15.4 Å². The van der Waals surface area contributed by atoms with E-state index in [1.807, 2.05) is 0 Å². The first-order valence-corrected chi connectivity index (χ1v) is 5.69. The highest BCUT2D eigenvalue weighted by molar-refractivity contribution is 5.96. The summed E-state index contributed by atoms with van der Waals surface area (Å²) in [5.74, 6) is 4.85. The number of benzene rings is 1. The predicted octanol–water partition coefficient (Wildman–Crippen LogP) is 0.242. The number of rotatable bonds is 3. The highest BCUT2D eigenvalue weighted by atomic mass is 16.5. The van der Waals surface area contributed by atoms with Gasteiger partial charge in [0.05, 0.1) is 13.7 Å². The van der Waals surface area contributed by atoms with Crippen molar-refractivity contribution in [1.29, 1.82) is 0 Å². The lowest BCUT2D eigenvalue weighted by Gasteiger charge is -2.15. The molecular formula is C14H16N2O3. The van der Waals surface area contributed by atoms with Crippen molar-refractivity contribution in [1.82, 2.24) is 4.90 Å². The van der Waals surface area contributed by atoms with Crippen molar-refractivity contribution in [3.05, 3.63) is 35.4 Å². The van der Waals surface area contributed by atoms with Crippen LogP contribution in [0.15, 0.2) is 24.3 Å². The Labute approximate surface area is 112 Å². The Bertz CT molecular complexity index is 529. The van der Waals surface area contributed by atoms with Gasteiger partial charge in [-0.2, -0.15) is 0 Å². The molecule has 0 aliphatic carbocycles. The van der Waals surface area contributed by atoms with Gasteiger partial charge in [-0.1, -0.05) is 17.9 Å². The lowest BCUT2D eigenvalue weighted by atomic mass is 10.1. The zero-order valence-corrected chi connectivity index (χ0v) is 11.0. The molecule has 2 N–H and O–H groups in total. The molecule has 1 aromatic rings. The van der Waals surface area contributed by atoms with Gasteiger partial charge in [0.25, 0.3) is 5.91 Å². The Morgan fingerprint density at radius 1 is 1.42 bits per heavy atom. The number of likely N-dealkylation sites (N-methyl/N-ethyl adjacent to an activating group) is 1. The topological polar surface area (TPSA) is 72.6 Å². The molecule has 0 fully saturated rings. The van der Waals surface area contributed by atoms with E-state index in [0.29, 0.717) is 11.1 Å². The summed E-state index contributed by atoms with van der Waals surface area (Å²) in [5, 5.41) is 0. The van der Waals surface area contributed by atoms with Gasteiger partial charge >= 0.3 is 5.97 Å². The van der Waals surface area contributed by atoms with Gasteiger partial charge in [0.2, 0.25) is 0 Å². The SMILES string of the molecule is COC(=O)CN(C)C(=O)c1cccc(C#CCN)c1. The second-order valence-electron chi connectivity index (χ2n) is 3.82. The Morgan fingerprint density at radius 3 is 2.79 bits per heavy atom. The molecule has 1 rings (SSSR count). The fourth-order valence-corrected chi connectivity index (χ4v) is 1.43. The van der Waals surface area contributed by atoms with E-state index in [0.717, 1.165) is 0 Å². The van der Waals surface area contributed by atoms with E-state index in [1.54, 1.807) is 24.3 Å². The molecule has 0 atom stereocenters. The smallest absolute Gasteiger partial charge is 0.325 e. The molecule has 1 amide bonds. The second-order valence-corrected chi connectivity index (χ2v) is 3.82. The highest BCUT2D eigenvalue weighted by Gasteiger charge is 2.15. The molecular weight excluding hydrogens is 244 g/mol. The maximum absolute atomic E-state index is 12.1. The van der Waals surface area contributed by atoms with E-state index in [2.05, 4.69) is 16.6 Å². The predicted molar refractivity (Wildman–Crippen MR) is 71.4 cm³/mol. The summed E-state index contributed by atoms with van der Waals surface area (Å²) in [4.78, 5) is 24.5. The molecule has 5 heteroatoms. The standard InChI is InChI=1S/C14H16N2O3/c1-16(10-13(17)19-2)14(18)12-7-3-5-11(9-12)6-4-8-15/h3,5,7,9H,8,10,15H2,1-2H3. The quantitative estimate of drug-likeness (QED) is 0.624. The van der Waals surface area contributed by atoms with Crippen LogP contribution in [0.1, 0.15) is 15.9 Å². The van der Waals surface area contributed by atoms with Gasteiger partial charge in [-0.25, -0.2) is 0 Å². The van der Waals surface area contributed by atoms with Gasteiger partial charge in [-0.15, -0.1) is 0 Å². The van der Waals surface area contributed by atoms with Crippen LogP contribution in [0.25, 0.3) is 0 Å². The third-order valence-electron chi connectivity index (χ3n) is 2.38. The van der Waals surface area contributed by atoms with Gasteiger partial charge in [-0.05, 0) is 18.2 Å². The summed E-state index contributed by atoms with van der Waals surface area (Å²) >= 11 is 0. The number of amides is 1. The minimum absolute atomic E-state index is 0.0892. The molecule has 19 heavy (non-hydrogen) atoms. The molecule has 0 saturated carbocycles. The van der Waals surface area contributed by atoms with Crippen LogP contribution in [0.2, 0.25) is 0 Å². The van der Waals surface area contributed by atoms with Gasteiger partial charge in [0.15, 0.2) is 0 Å². The summed E-state index contributed by atoms with van der Waals surface area (Å²) in [6, 6.07) is 6.86. The number of ether oxygens (including phenoxy) is 1. The fraction of sp³-hybridized carbons (Fsp3) is 0.286. The van der Waals surface area contributed by atoms with Crippen molar-refractivity contribution in [2.45, 2.75) is 0 Å². The molecule has 0 aromatic heterocycles. The van der Waals surface area contributed by atoms with E-state index >= 15 is 0 Å². The summed E-state index contributed by atoms with van der Waals surface area (Å²) in [7, 11) is 2.82. The van der Waals surface area contributed by atoms with E-state index in [4.69, 9.17) is 5.73 Å². The van der Waals surface area contributed by atoms with Crippen LogP contribution < -0.4 is 5.73 Å². The molecule has 1 aromatic carbocycles. The number of nitrogens with two attached hydrogens (primary N) is 1. The van der Waals surface area contributed by atoms with Crippen LogP contribution in [-0.2, 0) is 9.53 Å². The summed E-state index contributed by atoms with van der Waals surface area (Å²) < 4.78 is 4.51. The van der Waals surface area contributed by atoms with Crippen LogP contribution in [-0.4, -0.2) is 44.0 Å². The normalized spacial score (nSPS) is 9.21. The number of carbonyl (C=O) groups is 2. The molecule has 5 nitrogen and oxygen atoms in total. The molecule has 0 saturated heterocycles. The van der Waals surface area contributed by atoms with E-state index < -0.39 is 5.97 Å². The molecule has 0 spiro atoms. The van der Waals surface area contributed by atoms with Gasteiger partial charge in [0.1, 0.15) is 6.54 Å². The average molecular weight is 260 g/mol. The third kappa shape index (κ3) is 4.45. The van der Waals surface area contributed by atoms with Crippen LogP contribution in [0.5, 0.6) is 0 Å². The second kappa shape index (κ2) is 7.19. The number of nitrogens with zero attached hydrogens (tertiary/aromatic N) is 1. The third-order valence-corrected chi connectivity index (χ3v) is 2.38. The first kappa shape index (κ1) is 14.7. The number of carbonyl (C=O) groups excluding carboxylic acids is 2. The zero-order valence-electron chi connectivity index (χ0n) is 11.0. The van der Waals surface area contributed by atoms with E-state index in [9.17, 15) is 9.59 Å². The highest BCUT2D eigenvalue weighted by Crippen LogP contribution is 2.07. The Hall–Kier alpha value is -2.32. The molecule has 0 aliphatic rings. The molecule has 0 bridgehead atoms. The van der Waals surface area contributed by atoms with Gasteiger partial charge in [0, 0.05) is 18.2 Å². The van der Waals surface area contributed by atoms with Gasteiger partial charge in [-0.3, -0.25) is 9.59 Å². The Balaban J connectivity index is 2.84. The molecule has 100 valence electrons. The maximum atomic E-state index is 12.1. The summed E-state index contributed by atoms with van der Waals surface area (Å²) in [5.41, 5.74) is 6.47. The first-order chi connectivity index (χ1) is 9.08. The van der Waals surface area contributed by atoms with Crippen LogP contribution in [0.3, 0.4) is 0 Å². The van der Waals surface area contributed by atoms with Crippen molar-refractivity contribution in [3.8, 4) is 11.8 Å². The monoisotopic (exact) mass is 260 g/mol. The fourth-order valence-electron chi connectivity index (χ4n) is 1.43. The largest absolute Gasteiger partial charge is 0.468 e. The van der Waals surface area contributed by atoms with Crippen molar-refractivity contribution in [2.75, 3.05) is 27.2 Å². The summed E-state index contributed by atoms with van der Waals surface area (Å²) in [6.45, 7) is 0.175.